The van der Waals surface area contributed by atoms with Gasteiger partial charge in [-0.1, -0.05) is 13.8 Å². The van der Waals surface area contributed by atoms with E-state index in [0.29, 0.717) is 11.6 Å². The van der Waals surface area contributed by atoms with Crippen LogP contribution in [0.1, 0.15) is 37.4 Å². The average molecular weight is 326 g/mol. The molecule has 1 aromatic heterocycles. The molecule has 22 heavy (non-hydrogen) atoms. The van der Waals surface area contributed by atoms with Crippen LogP contribution in [0.2, 0.25) is 0 Å². The van der Waals surface area contributed by atoms with Gasteiger partial charge in [0.2, 0.25) is 6.54 Å². The molecule has 0 spiro atoms. The number of rotatable bonds is 7. The minimum atomic E-state index is -0.877. The Morgan fingerprint density at radius 3 is 2.82 bits per heavy atom. The highest BCUT2D eigenvalue weighted by atomic mass is 32.1. The molecule has 120 valence electrons. The summed E-state index contributed by atoms with van der Waals surface area (Å²) in [4.78, 5) is 25.6. The number of carbonyl (C=O) groups excluding carboxylic acids is 1. The van der Waals surface area contributed by atoms with Gasteiger partial charge in [0.25, 0.3) is 0 Å². The molecule has 0 aliphatic rings. The van der Waals surface area contributed by atoms with Crippen molar-refractivity contribution < 1.29 is 19.2 Å². The van der Waals surface area contributed by atoms with Gasteiger partial charge in [0, 0.05) is 16.2 Å². The van der Waals surface area contributed by atoms with Crippen LogP contribution in [-0.2, 0) is 16.1 Å². The first-order valence-electron chi connectivity index (χ1n) is 6.66. The van der Waals surface area contributed by atoms with Gasteiger partial charge in [-0.15, -0.1) is 11.3 Å². The molecule has 0 bridgehead atoms. The maximum atomic E-state index is 11.5. The standard InChI is InChI=1S/C14H18N2O5S/c1-4-12(6-5-7-16(18)19)21-14(17)20-8-11-9-22-13(15-11)10(2)3/h4-6,9-10H,7-8H2,1-3H3/b6-5-,12-4+. The van der Waals surface area contributed by atoms with E-state index in [4.69, 9.17) is 9.47 Å². The van der Waals surface area contributed by atoms with Gasteiger partial charge in [0.05, 0.1) is 10.7 Å². The highest BCUT2D eigenvalue weighted by Gasteiger charge is 2.10. The van der Waals surface area contributed by atoms with Crippen molar-refractivity contribution in [2.24, 2.45) is 0 Å². The fraction of sp³-hybridized carbons (Fsp3) is 0.429. The highest BCUT2D eigenvalue weighted by molar-refractivity contribution is 7.09. The Morgan fingerprint density at radius 2 is 2.27 bits per heavy atom. The Labute approximate surface area is 132 Å². The first-order valence-corrected chi connectivity index (χ1v) is 7.54. The van der Waals surface area contributed by atoms with Crippen LogP contribution in [0, 0.1) is 10.1 Å². The molecule has 0 amide bonds. The van der Waals surface area contributed by atoms with Crippen molar-refractivity contribution in [1.82, 2.24) is 4.98 Å². The maximum absolute atomic E-state index is 11.5. The Bertz CT molecular complexity index is 578. The predicted octanol–water partition coefficient (Wildman–Crippen LogP) is 3.66. The van der Waals surface area contributed by atoms with Gasteiger partial charge in [-0.2, -0.15) is 0 Å². The van der Waals surface area contributed by atoms with Crippen LogP contribution >= 0.6 is 11.3 Å². The second-order valence-electron chi connectivity index (χ2n) is 4.58. The minimum Gasteiger partial charge on any atom is -0.427 e. The zero-order valence-corrected chi connectivity index (χ0v) is 13.5. The van der Waals surface area contributed by atoms with Crippen LogP contribution in [0.5, 0.6) is 0 Å². The summed E-state index contributed by atoms with van der Waals surface area (Å²) < 4.78 is 9.88. The van der Waals surface area contributed by atoms with Gasteiger partial charge in [0.15, 0.2) is 0 Å². The van der Waals surface area contributed by atoms with Gasteiger partial charge in [0.1, 0.15) is 12.4 Å². The summed E-state index contributed by atoms with van der Waals surface area (Å²) in [5.41, 5.74) is 0.663. The van der Waals surface area contributed by atoms with E-state index >= 15 is 0 Å². The lowest BCUT2D eigenvalue weighted by atomic mass is 10.2. The quantitative estimate of drug-likeness (QED) is 0.250. The lowest BCUT2D eigenvalue weighted by Gasteiger charge is -2.05. The van der Waals surface area contributed by atoms with Crippen molar-refractivity contribution >= 4 is 17.5 Å². The molecule has 0 radical (unpaired) electrons. The van der Waals surface area contributed by atoms with Crippen molar-refractivity contribution in [1.29, 1.82) is 0 Å². The van der Waals surface area contributed by atoms with Crippen LogP contribution in [-0.4, -0.2) is 22.6 Å². The number of hydrogen-bond donors (Lipinski definition) is 0. The number of allylic oxidation sites excluding steroid dienone is 2. The fourth-order valence-corrected chi connectivity index (χ4v) is 2.18. The molecule has 8 heteroatoms. The van der Waals surface area contributed by atoms with Crippen molar-refractivity contribution in [2.45, 2.75) is 33.3 Å². The van der Waals surface area contributed by atoms with Crippen molar-refractivity contribution in [3.63, 3.8) is 0 Å². The molecule has 0 aliphatic heterocycles. The average Bonchev–Trinajstić information content (AvgIpc) is 2.92. The van der Waals surface area contributed by atoms with Gasteiger partial charge in [-0.05, 0) is 25.2 Å². The number of thiazole rings is 1. The van der Waals surface area contributed by atoms with Crippen LogP contribution < -0.4 is 0 Å². The molecule has 7 nitrogen and oxygen atoms in total. The second-order valence-corrected chi connectivity index (χ2v) is 5.47. The molecule has 0 atom stereocenters. The number of hydrogen-bond acceptors (Lipinski definition) is 7. The summed E-state index contributed by atoms with van der Waals surface area (Å²) in [7, 11) is 0. The zero-order valence-electron chi connectivity index (χ0n) is 12.6. The lowest BCUT2D eigenvalue weighted by Crippen LogP contribution is -2.07. The largest absolute Gasteiger partial charge is 0.514 e. The summed E-state index contributed by atoms with van der Waals surface area (Å²) in [6.07, 6.45) is 3.28. The van der Waals surface area contributed by atoms with Crippen molar-refractivity contribution in [3.8, 4) is 0 Å². The summed E-state index contributed by atoms with van der Waals surface area (Å²) in [6.45, 7) is 5.40. The number of nitro groups is 1. The number of nitrogens with zero attached hydrogens (tertiary/aromatic N) is 2. The molecular weight excluding hydrogens is 308 g/mol. The van der Waals surface area contributed by atoms with Gasteiger partial charge < -0.3 is 9.47 Å². The van der Waals surface area contributed by atoms with Gasteiger partial charge >= 0.3 is 6.16 Å². The molecule has 0 fully saturated rings. The third-order valence-electron chi connectivity index (χ3n) is 2.42. The van der Waals surface area contributed by atoms with Crippen LogP contribution in [0.4, 0.5) is 4.79 Å². The van der Waals surface area contributed by atoms with E-state index < -0.39 is 11.1 Å². The Morgan fingerprint density at radius 1 is 1.55 bits per heavy atom. The van der Waals surface area contributed by atoms with Gasteiger partial charge in [-0.25, -0.2) is 9.78 Å². The molecular formula is C14H18N2O5S. The van der Waals surface area contributed by atoms with Gasteiger partial charge in [-0.3, -0.25) is 10.1 Å². The first-order chi connectivity index (χ1) is 10.4. The van der Waals surface area contributed by atoms with E-state index in [-0.39, 0.29) is 18.9 Å². The Kier molecular flexibility index (Phi) is 7.24. The summed E-state index contributed by atoms with van der Waals surface area (Å²) in [6, 6.07) is 0. The molecule has 0 N–H and O–H groups in total. The molecule has 0 aromatic carbocycles. The molecule has 1 rings (SSSR count). The SMILES string of the molecule is C/C=C(\C=C/C[N+](=O)[O-])OC(=O)OCc1csc(C(C)C)n1. The fourth-order valence-electron chi connectivity index (χ4n) is 1.36. The van der Waals surface area contributed by atoms with E-state index in [0.717, 1.165) is 5.01 Å². The number of carbonyl (C=O) groups is 1. The highest BCUT2D eigenvalue weighted by Crippen LogP contribution is 2.19. The first kappa shape index (κ1) is 17.8. The molecule has 1 aromatic rings. The molecule has 1 heterocycles. The molecule has 0 unspecified atom stereocenters. The molecule has 0 aliphatic carbocycles. The van der Waals surface area contributed by atoms with E-state index in [1.165, 1.54) is 29.6 Å². The number of ether oxygens (including phenoxy) is 2. The van der Waals surface area contributed by atoms with Crippen molar-refractivity contribution in [2.75, 3.05) is 6.54 Å². The molecule has 0 saturated carbocycles. The van der Waals surface area contributed by atoms with Crippen LogP contribution in [0.3, 0.4) is 0 Å². The third-order valence-corrected chi connectivity index (χ3v) is 3.62. The van der Waals surface area contributed by atoms with E-state index in [9.17, 15) is 14.9 Å². The minimum absolute atomic E-state index is 0.0255. The van der Waals surface area contributed by atoms with E-state index in [1.54, 1.807) is 6.92 Å². The maximum Gasteiger partial charge on any atom is 0.514 e. The summed E-state index contributed by atoms with van der Waals surface area (Å²) in [5, 5.41) is 13.0. The smallest absolute Gasteiger partial charge is 0.427 e. The predicted molar refractivity (Wildman–Crippen MR) is 82.2 cm³/mol. The van der Waals surface area contributed by atoms with E-state index in [2.05, 4.69) is 4.98 Å². The summed E-state index contributed by atoms with van der Waals surface area (Å²) >= 11 is 1.51. The third kappa shape index (κ3) is 6.49. The monoisotopic (exact) mass is 326 g/mol. The Balaban J connectivity index is 2.44. The number of aromatic nitrogens is 1. The second kappa shape index (κ2) is 8.93. The topological polar surface area (TPSA) is 91.6 Å². The Hall–Kier alpha value is -2.22. The normalized spacial score (nSPS) is 11.9. The van der Waals surface area contributed by atoms with E-state index in [1.807, 2.05) is 19.2 Å². The lowest BCUT2D eigenvalue weighted by molar-refractivity contribution is -0.468. The summed E-state index contributed by atoms with van der Waals surface area (Å²) in [5.74, 6) is 0.514. The zero-order chi connectivity index (χ0) is 16.5. The van der Waals surface area contributed by atoms with Crippen molar-refractivity contribution in [3.05, 3.63) is 50.2 Å². The van der Waals surface area contributed by atoms with Crippen LogP contribution in [0.15, 0.2) is 29.4 Å². The molecule has 0 saturated heterocycles. The van der Waals surface area contributed by atoms with Crippen LogP contribution in [0.25, 0.3) is 0 Å².